The number of nitrogens with zero attached hydrogens (tertiary/aromatic N) is 2. The van der Waals surface area contributed by atoms with E-state index in [1.807, 2.05) is 47.4 Å². The van der Waals surface area contributed by atoms with E-state index in [0.717, 1.165) is 5.56 Å². The predicted molar refractivity (Wildman–Crippen MR) is 104 cm³/mol. The number of rotatable bonds is 6. The Morgan fingerprint density at radius 1 is 1.11 bits per heavy atom. The van der Waals surface area contributed by atoms with Gasteiger partial charge in [0.25, 0.3) is 5.69 Å². The lowest BCUT2D eigenvalue weighted by Crippen LogP contribution is -2.37. The first-order valence-electron chi connectivity index (χ1n) is 9.02. The maximum absolute atomic E-state index is 12.2. The SMILES string of the molecule is O=C(OC/C=C/c1ccccc1)C1CCN(c2ccccc2[N+](=O)[O-])CC1. The molecule has 0 aliphatic carbocycles. The molecule has 0 radical (unpaired) electrons. The highest BCUT2D eigenvalue weighted by molar-refractivity contribution is 5.73. The van der Waals surface area contributed by atoms with E-state index < -0.39 is 0 Å². The minimum Gasteiger partial charge on any atom is -0.461 e. The summed E-state index contributed by atoms with van der Waals surface area (Å²) in [4.78, 5) is 25.0. The number of benzene rings is 2. The Bertz CT molecular complexity index is 812. The zero-order valence-corrected chi connectivity index (χ0v) is 15.0. The zero-order valence-electron chi connectivity index (χ0n) is 15.0. The van der Waals surface area contributed by atoms with Gasteiger partial charge in [-0.3, -0.25) is 14.9 Å². The molecular weight excluding hydrogens is 344 g/mol. The summed E-state index contributed by atoms with van der Waals surface area (Å²) in [7, 11) is 0. The van der Waals surface area contributed by atoms with Crippen LogP contribution < -0.4 is 4.90 Å². The first kappa shape index (κ1) is 18.6. The van der Waals surface area contributed by atoms with E-state index in [4.69, 9.17) is 4.74 Å². The fraction of sp³-hybridized carbons (Fsp3) is 0.286. The van der Waals surface area contributed by atoms with E-state index >= 15 is 0 Å². The van der Waals surface area contributed by atoms with Crippen LogP contribution in [0.25, 0.3) is 6.08 Å². The van der Waals surface area contributed by atoms with Crippen molar-refractivity contribution in [3.63, 3.8) is 0 Å². The molecule has 0 atom stereocenters. The second-order valence-electron chi connectivity index (χ2n) is 6.45. The maximum atomic E-state index is 12.2. The van der Waals surface area contributed by atoms with Gasteiger partial charge in [0, 0.05) is 19.2 Å². The fourth-order valence-electron chi connectivity index (χ4n) is 3.24. The molecule has 6 nitrogen and oxygen atoms in total. The average Bonchev–Trinajstić information content (AvgIpc) is 2.72. The van der Waals surface area contributed by atoms with Crippen LogP contribution in [-0.4, -0.2) is 30.6 Å². The van der Waals surface area contributed by atoms with Crippen LogP contribution in [0, 0.1) is 16.0 Å². The Morgan fingerprint density at radius 3 is 2.48 bits per heavy atom. The largest absolute Gasteiger partial charge is 0.461 e. The van der Waals surface area contributed by atoms with Gasteiger partial charge in [-0.1, -0.05) is 48.5 Å². The molecule has 0 saturated carbocycles. The van der Waals surface area contributed by atoms with Crippen LogP contribution in [0.2, 0.25) is 0 Å². The van der Waals surface area contributed by atoms with Gasteiger partial charge in [0.1, 0.15) is 12.3 Å². The number of nitro groups is 1. The number of hydrogen-bond donors (Lipinski definition) is 0. The van der Waals surface area contributed by atoms with Crippen LogP contribution in [0.15, 0.2) is 60.7 Å². The monoisotopic (exact) mass is 366 g/mol. The Kier molecular flexibility index (Phi) is 6.20. The van der Waals surface area contributed by atoms with E-state index in [2.05, 4.69) is 0 Å². The minimum absolute atomic E-state index is 0.101. The molecule has 0 N–H and O–H groups in total. The maximum Gasteiger partial charge on any atom is 0.309 e. The van der Waals surface area contributed by atoms with Crippen molar-refractivity contribution in [3.05, 3.63) is 76.4 Å². The van der Waals surface area contributed by atoms with Crippen LogP contribution >= 0.6 is 0 Å². The third-order valence-corrected chi connectivity index (χ3v) is 4.68. The predicted octanol–water partition coefficient (Wildman–Crippen LogP) is 4.07. The lowest BCUT2D eigenvalue weighted by Gasteiger charge is -2.32. The highest BCUT2D eigenvalue weighted by Crippen LogP contribution is 2.31. The summed E-state index contributed by atoms with van der Waals surface area (Å²) in [5, 5.41) is 11.2. The lowest BCUT2D eigenvalue weighted by atomic mass is 9.96. The summed E-state index contributed by atoms with van der Waals surface area (Å²) in [6, 6.07) is 16.5. The van der Waals surface area contributed by atoms with E-state index in [0.29, 0.717) is 31.6 Å². The molecule has 0 unspecified atom stereocenters. The molecule has 2 aromatic carbocycles. The number of carbonyl (C=O) groups is 1. The van der Waals surface area contributed by atoms with E-state index in [1.165, 1.54) is 6.07 Å². The lowest BCUT2D eigenvalue weighted by molar-refractivity contribution is -0.384. The summed E-state index contributed by atoms with van der Waals surface area (Å²) in [6.45, 7) is 1.45. The average molecular weight is 366 g/mol. The molecule has 2 aromatic rings. The van der Waals surface area contributed by atoms with Crippen LogP contribution in [0.5, 0.6) is 0 Å². The van der Waals surface area contributed by atoms with Crippen molar-refractivity contribution in [2.24, 2.45) is 5.92 Å². The molecule has 1 fully saturated rings. The number of carbonyl (C=O) groups excluding carboxylic acids is 1. The summed E-state index contributed by atoms with van der Waals surface area (Å²) >= 11 is 0. The quantitative estimate of drug-likeness (QED) is 0.438. The van der Waals surface area contributed by atoms with Gasteiger partial charge in [-0.25, -0.2) is 0 Å². The van der Waals surface area contributed by atoms with Crippen molar-refractivity contribution < 1.29 is 14.5 Å². The third kappa shape index (κ3) is 4.94. The van der Waals surface area contributed by atoms with Gasteiger partial charge in [0.05, 0.1) is 10.8 Å². The number of esters is 1. The Balaban J connectivity index is 1.48. The number of anilines is 1. The first-order chi connectivity index (χ1) is 13.1. The number of para-hydroxylation sites is 2. The molecular formula is C21H22N2O4. The molecule has 1 saturated heterocycles. The Labute approximate surface area is 158 Å². The normalized spacial score (nSPS) is 15.0. The molecule has 6 heteroatoms. The Morgan fingerprint density at radius 2 is 1.78 bits per heavy atom. The summed E-state index contributed by atoms with van der Waals surface area (Å²) in [6.07, 6.45) is 5.01. The van der Waals surface area contributed by atoms with Crippen LogP contribution in [0.3, 0.4) is 0 Å². The van der Waals surface area contributed by atoms with E-state index in [1.54, 1.807) is 18.2 Å². The van der Waals surface area contributed by atoms with E-state index in [9.17, 15) is 14.9 Å². The van der Waals surface area contributed by atoms with Crippen molar-refractivity contribution in [3.8, 4) is 0 Å². The van der Waals surface area contributed by atoms with E-state index in [-0.39, 0.29) is 29.1 Å². The van der Waals surface area contributed by atoms with Crippen LogP contribution in [0.4, 0.5) is 11.4 Å². The van der Waals surface area contributed by atoms with Gasteiger partial charge in [0.2, 0.25) is 0 Å². The van der Waals surface area contributed by atoms with Crippen molar-refractivity contribution in [2.45, 2.75) is 12.8 Å². The molecule has 1 aliphatic rings. The molecule has 0 aromatic heterocycles. The van der Waals surface area contributed by atoms with Crippen LogP contribution in [-0.2, 0) is 9.53 Å². The molecule has 1 heterocycles. The molecule has 0 bridgehead atoms. The fourth-order valence-corrected chi connectivity index (χ4v) is 3.24. The first-order valence-corrected chi connectivity index (χ1v) is 9.02. The van der Waals surface area contributed by atoms with Crippen LogP contribution in [0.1, 0.15) is 18.4 Å². The molecule has 0 spiro atoms. The number of hydrogen-bond acceptors (Lipinski definition) is 5. The molecule has 27 heavy (non-hydrogen) atoms. The Hall–Kier alpha value is -3.15. The van der Waals surface area contributed by atoms with Gasteiger partial charge in [-0.2, -0.15) is 0 Å². The summed E-state index contributed by atoms with van der Waals surface area (Å²) in [5.74, 6) is -0.357. The van der Waals surface area contributed by atoms with Crippen molar-refractivity contribution >= 4 is 23.4 Å². The zero-order chi connectivity index (χ0) is 19.1. The number of ether oxygens (including phenoxy) is 1. The van der Waals surface area contributed by atoms with Crippen molar-refractivity contribution in [1.29, 1.82) is 0 Å². The standard InChI is InChI=1S/C21H22N2O4/c24-21(27-16-6-9-17-7-2-1-3-8-17)18-12-14-22(15-13-18)19-10-4-5-11-20(19)23(25)26/h1-11,18H,12-16H2/b9-6+. The number of nitro benzene ring substituents is 1. The topological polar surface area (TPSA) is 72.7 Å². The van der Waals surface area contributed by atoms with Crippen molar-refractivity contribution in [2.75, 3.05) is 24.6 Å². The molecule has 140 valence electrons. The second kappa shape index (κ2) is 8.98. The van der Waals surface area contributed by atoms with Crippen molar-refractivity contribution in [1.82, 2.24) is 0 Å². The second-order valence-corrected chi connectivity index (χ2v) is 6.45. The van der Waals surface area contributed by atoms with Gasteiger partial charge >= 0.3 is 5.97 Å². The van der Waals surface area contributed by atoms with Gasteiger partial charge in [-0.05, 0) is 30.5 Å². The third-order valence-electron chi connectivity index (χ3n) is 4.68. The summed E-state index contributed by atoms with van der Waals surface area (Å²) < 4.78 is 5.35. The summed E-state index contributed by atoms with van der Waals surface area (Å²) in [5.41, 5.74) is 1.77. The number of piperidine rings is 1. The van der Waals surface area contributed by atoms with Gasteiger partial charge in [0.15, 0.2) is 0 Å². The molecule has 0 amide bonds. The highest BCUT2D eigenvalue weighted by atomic mass is 16.6. The molecule has 1 aliphatic heterocycles. The van der Waals surface area contributed by atoms with Gasteiger partial charge in [-0.15, -0.1) is 0 Å². The molecule has 3 rings (SSSR count). The van der Waals surface area contributed by atoms with Gasteiger partial charge < -0.3 is 9.64 Å². The minimum atomic E-state index is -0.366. The smallest absolute Gasteiger partial charge is 0.309 e. The highest BCUT2D eigenvalue weighted by Gasteiger charge is 2.28.